The van der Waals surface area contributed by atoms with Crippen LogP contribution in [0.1, 0.15) is 27.0 Å². The van der Waals surface area contributed by atoms with Crippen LogP contribution in [-0.2, 0) is 11.4 Å². The first kappa shape index (κ1) is 24.5. The van der Waals surface area contributed by atoms with Crippen LogP contribution in [0.4, 0.5) is 0 Å². The third-order valence-corrected chi connectivity index (χ3v) is 6.93. The Morgan fingerprint density at radius 1 is 1.15 bits per heavy atom. The normalized spacial score (nSPS) is 14.6. The highest BCUT2D eigenvalue weighted by atomic mass is 79.9. The fourth-order valence-corrected chi connectivity index (χ4v) is 4.76. The number of nitrogens with zero attached hydrogens (tertiary/aromatic N) is 1. The average molecular weight is 574 g/mol. The van der Waals surface area contributed by atoms with E-state index < -0.39 is 11.8 Å². The number of benzene rings is 3. The summed E-state index contributed by atoms with van der Waals surface area (Å²) >= 11 is 15.8. The Hall–Kier alpha value is -2.65. The molecule has 9 heteroatoms. The molecular weight excluding hydrogens is 556 g/mol. The van der Waals surface area contributed by atoms with Crippen molar-refractivity contribution in [2.75, 3.05) is 0 Å². The highest BCUT2D eigenvalue weighted by Gasteiger charge is 2.34. The Bertz CT molecular complexity index is 1290. The lowest BCUT2D eigenvalue weighted by atomic mass is 10.1. The number of rotatable bonds is 6. The predicted molar refractivity (Wildman–Crippen MR) is 144 cm³/mol. The predicted octanol–water partition coefficient (Wildman–Crippen LogP) is 6.54. The zero-order valence-corrected chi connectivity index (χ0v) is 21.9. The molecule has 5 nitrogen and oxygen atoms in total. The van der Waals surface area contributed by atoms with Gasteiger partial charge in [0.25, 0.3) is 11.8 Å². The number of aryl methyl sites for hydroxylation is 1. The SMILES string of the molecule is Cc1ccc(COc2ccc(Br)cc2/C=C2/SC(=S)N(NC(=O)c3ccc(Cl)cc3)C2=O)cc1. The molecule has 172 valence electrons. The second-order valence-corrected chi connectivity index (χ2v) is 10.4. The molecule has 0 saturated carbocycles. The van der Waals surface area contributed by atoms with Crippen molar-refractivity contribution >= 4 is 73.7 Å². The van der Waals surface area contributed by atoms with Crippen molar-refractivity contribution in [3.05, 3.63) is 103 Å². The van der Waals surface area contributed by atoms with Gasteiger partial charge in [-0.1, -0.05) is 69.1 Å². The Balaban J connectivity index is 1.52. The third-order valence-electron chi connectivity index (χ3n) is 4.89. The standard InChI is InChI=1S/C25H18BrClN2O3S2/c1-15-2-4-16(5-3-15)14-32-21-11-8-19(26)12-18(21)13-22-24(31)29(25(33)34-22)28-23(30)17-6-9-20(27)10-7-17/h2-13H,14H2,1H3,(H,28,30)/b22-13+. The molecule has 1 N–H and O–H groups in total. The van der Waals surface area contributed by atoms with Crippen LogP contribution in [0.15, 0.2) is 76.1 Å². The molecule has 2 amide bonds. The summed E-state index contributed by atoms with van der Waals surface area (Å²) in [6.07, 6.45) is 1.71. The van der Waals surface area contributed by atoms with E-state index in [1.54, 1.807) is 30.3 Å². The summed E-state index contributed by atoms with van der Waals surface area (Å²) in [5.41, 5.74) is 5.86. The van der Waals surface area contributed by atoms with Gasteiger partial charge in [-0.3, -0.25) is 15.0 Å². The number of thiocarbonyl (C=S) groups is 1. The molecule has 1 fully saturated rings. The molecule has 1 aliphatic rings. The number of carbonyl (C=O) groups is 2. The second kappa shape index (κ2) is 10.7. The average Bonchev–Trinajstić information content (AvgIpc) is 3.07. The number of ether oxygens (including phenoxy) is 1. The lowest BCUT2D eigenvalue weighted by molar-refractivity contribution is -0.123. The summed E-state index contributed by atoms with van der Waals surface area (Å²) in [5, 5.41) is 1.59. The van der Waals surface area contributed by atoms with Crippen LogP contribution >= 0.6 is 51.5 Å². The topological polar surface area (TPSA) is 58.6 Å². The molecule has 0 atom stereocenters. The van der Waals surface area contributed by atoms with Crippen LogP contribution in [0.3, 0.4) is 0 Å². The highest BCUT2D eigenvalue weighted by Crippen LogP contribution is 2.34. The lowest BCUT2D eigenvalue weighted by Crippen LogP contribution is -2.44. The monoisotopic (exact) mass is 572 g/mol. The second-order valence-electron chi connectivity index (χ2n) is 7.42. The molecule has 0 aliphatic carbocycles. The summed E-state index contributed by atoms with van der Waals surface area (Å²) in [5.74, 6) is -0.250. The first-order valence-electron chi connectivity index (χ1n) is 10.1. The maximum atomic E-state index is 13.0. The minimum absolute atomic E-state index is 0.232. The number of amides is 2. The lowest BCUT2D eigenvalue weighted by Gasteiger charge is -2.15. The van der Waals surface area contributed by atoms with Gasteiger partial charge in [-0.05, 0) is 73.2 Å². The van der Waals surface area contributed by atoms with Crippen molar-refractivity contribution in [3.8, 4) is 5.75 Å². The quantitative estimate of drug-likeness (QED) is 0.268. The summed E-state index contributed by atoms with van der Waals surface area (Å²) < 4.78 is 7.11. The van der Waals surface area contributed by atoms with Gasteiger partial charge >= 0.3 is 0 Å². The van der Waals surface area contributed by atoms with E-state index in [-0.39, 0.29) is 4.32 Å². The van der Waals surface area contributed by atoms with E-state index >= 15 is 0 Å². The molecule has 1 aliphatic heterocycles. The molecule has 1 heterocycles. The molecule has 3 aromatic carbocycles. The van der Waals surface area contributed by atoms with Gasteiger partial charge in [0, 0.05) is 20.6 Å². The zero-order chi connectivity index (χ0) is 24.2. The summed E-state index contributed by atoms with van der Waals surface area (Å²) in [6.45, 7) is 2.42. The van der Waals surface area contributed by atoms with E-state index in [0.29, 0.717) is 33.4 Å². The number of hydrogen-bond donors (Lipinski definition) is 1. The van der Waals surface area contributed by atoms with Gasteiger partial charge in [-0.2, -0.15) is 5.01 Å². The number of nitrogens with one attached hydrogen (secondary N) is 1. The maximum absolute atomic E-state index is 13.0. The van der Waals surface area contributed by atoms with Crippen molar-refractivity contribution in [1.82, 2.24) is 10.4 Å². The molecule has 0 radical (unpaired) electrons. The Kier molecular flexibility index (Phi) is 7.73. The first-order valence-corrected chi connectivity index (χ1v) is 12.5. The van der Waals surface area contributed by atoms with Crippen LogP contribution in [0.25, 0.3) is 6.08 Å². The van der Waals surface area contributed by atoms with Gasteiger partial charge in [-0.15, -0.1) is 0 Å². The minimum Gasteiger partial charge on any atom is -0.488 e. The van der Waals surface area contributed by atoms with Crippen molar-refractivity contribution in [2.24, 2.45) is 0 Å². The van der Waals surface area contributed by atoms with Gasteiger partial charge in [0.2, 0.25) is 0 Å². The molecule has 0 unspecified atom stereocenters. The molecule has 0 spiro atoms. The number of hydrazine groups is 1. The molecule has 0 bridgehead atoms. The van der Waals surface area contributed by atoms with Crippen LogP contribution < -0.4 is 10.2 Å². The van der Waals surface area contributed by atoms with Crippen molar-refractivity contribution in [3.63, 3.8) is 0 Å². The molecule has 4 rings (SSSR count). The molecule has 0 aromatic heterocycles. The van der Waals surface area contributed by atoms with Gasteiger partial charge < -0.3 is 4.74 Å². The fraction of sp³-hybridized carbons (Fsp3) is 0.0800. The van der Waals surface area contributed by atoms with E-state index in [1.807, 2.05) is 49.4 Å². The summed E-state index contributed by atoms with van der Waals surface area (Å²) in [6, 6.07) is 20.0. The summed E-state index contributed by atoms with van der Waals surface area (Å²) in [7, 11) is 0. The number of hydrogen-bond acceptors (Lipinski definition) is 5. The van der Waals surface area contributed by atoms with Crippen molar-refractivity contribution in [2.45, 2.75) is 13.5 Å². The van der Waals surface area contributed by atoms with Crippen molar-refractivity contribution < 1.29 is 14.3 Å². The summed E-state index contributed by atoms with van der Waals surface area (Å²) in [4.78, 5) is 25.9. The Morgan fingerprint density at radius 2 is 1.85 bits per heavy atom. The van der Waals surface area contributed by atoms with Crippen LogP contribution in [-0.4, -0.2) is 21.1 Å². The smallest absolute Gasteiger partial charge is 0.285 e. The fourth-order valence-electron chi connectivity index (χ4n) is 3.08. The maximum Gasteiger partial charge on any atom is 0.285 e. The van der Waals surface area contributed by atoms with E-state index in [4.69, 9.17) is 28.6 Å². The van der Waals surface area contributed by atoms with Gasteiger partial charge in [0.05, 0.1) is 4.91 Å². The third kappa shape index (κ3) is 5.88. The van der Waals surface area contributed by atoms with E-state index in [0.717, 1.165) is 26.8 Å². The number of carbonyl (C=O) groups excluding carboxylic acids is 2. The van der Waals surface area contributed by atoms with Gasteiger partial charge in [-0.25, -0.2) is 0 Å². The number of halogens is 2. The largest absolute Gasteiger partial charge is 0.488 e. The van der Waals surface area contributed by atoms with E-state index in [1.165, 1.54) is 5.56 Å². The van der Waals surface area contributed by atoms with Crippen molar-refractivity contribution in [1.29, 1.82) is 0 Å². The first-order chi connectivity index (χ1) is 16.3. The van der Waals surface area contributed by atoms with Crippen LogP contribution in [0.5, 0.6) is 5.75 Å². The number of thioether (sulfide) groups is 1. The molecule has 3 aromatic rings. The van der Waals surface area contributed by atoms with Crippen LogP contribution in [0, 0.1) is 6.92 Å². The van der Waals surface area contributed by atoms with Crippen LogP contribution in [0.2, 0.25) is 5.02 Å². The highest BCUT2D eigenvalue weighted by molar-refractivity contribution is 9.10. The molecule has 1 saturated heterocycles. The van der Waals surface area contributed by atoms with E-state index in [2.05, 4.69) is 21.4 Å². The Morgan fingerprint density at radius 3 is 2.56 bits per heavy atom. The molecule has 34 heavy (non-hydrogen) atoms. The minimum atomic E-state index is -0.459. The van der Waals surface area contributed by atoms with Gasteiger partial charge in [0.15, 0.2) is 4.32 Å². The van der Waals surface area contributed by atoms with Gasteiger partial charge in [0.1, 0.15) is 12.4 Å². The zero-order valence-electron chi connectivity index (χ0n) is 17.9. The Labute approximate surface area is 220 Å². The van der Waals surface area contributed by atoms with E-state index in [9.17, 15) is 9.59 Å². The molecular formula is C25H18BrClN2O3S2.